The van der Waals surface area contributed by atoms with Crippen LogP contribution in [0.4, 0.5) is 4.39 Å². The van der Waals surface area contributed by atoms with E-state index in [-0.39, 0.29) is 11.7 Å². The Morgan fingerprint density at radius 1 is 1.23 bits per heavy atom. The van der Waals surface area contributed by atoms with Crippen LogP contribution in [0.25, 0.3) is 11.0 Å². The predicted octanol–water partition coefficient (Wildman–Crippen LogP) is 3.51. The number of hydrogen-bond donors (Lipinski definition) is 1. The fraction of sp³-hybridized carbons (Fsp3) is 0.118. The number of amides is 1. The third kappa shape index (κ3) is 2.79. The third-order valence-corrected chi connectivity index (χ3v) is 3.38. The highest BCUT2D eigenvalue weighted by Crippen LogP contribution is 2.28. The van der Waals surface area contributed by atoms with Gasteiger partial charge in [0.15, 0.2) is 0 Å². The van der Waals surface area contributed by atoms with E-state index in [2.05, 4.69) is 5.32 Å². The molecule has 1 N–H and O–H groups in total. The molecule has 0 atom stereocenters. The first-order valence-corrected chi connectivity index (χ1v) is 6.75. The van der Waals surface area contributed by atoms with E-state index >= 15 is 0 Å². The summed E-state index contributed by atoms with van der Waals surface area (Å²) in [6.45, 7) is 0.317. The molecule has 0 aliphatic heterocycles. The van der Waals surface area contributed by atoms with E-state index < -0.39 is 0 Å². The van der Waals surface area contributed by atoms with Gasteiger partial charge in [0.2, 0.25) is 0 Å². The zero-order valence-electron chi connectivity index (χ0n) is 11.9. The molecule has 4 nitrogen and oxygen atoms in total. The molecule has 0 radical (unpaired) electrons. The van der Waals surface area contributed by atoms with Crippen molar-refractivity contribution in [1.29, 1.82) is 0 Å². The molecule has 0 bridgehead atoms. The maximum absolute atomic E-state index is 12.8. The van der Waals surface area contributed by atoms with Crippen LogP contribution in [-0.2, 0) is 6.54 Å². The van der Waals surface area contributed by atoms with Crippen LogP contribution in [0.1, 0.15) is 15.9 Å². The summed E-state index contributed by atoms with van der Waals surface area (Å²) in [5.74, 6) is 0.0298. The number of benzene rings is 2. The van der Waals surface area contributed by atoms with E-state index in [9.17, 15) is 9.18 Å². The van der Waals surface area contributed by atoms with Crippen molar-refractivity contribution < 1.29 is 18.3 Å². The summed E-state index contributed by atoms with van der Waals surface area (Å²) in [7, 11) is 1.54. The van der Waals surface area contributed by atoms with E-state index in [1.165, 1.54) is 12.1 Å². The average molecular weight is 299 g/mol. The van der Waals surface area contributed by atoms with Gasteiger partial charge in [-0.2, -0.15) is 0 Å². The normalized spacial score (nSPS) is 10.6. The number of halogens is 1. The topological polar surface area (TPSA) is 51.5 Å². The maximum atomic E-state index is 12.8. The van der Waals surface area contributed by atoms with E-state index in [4.69, 9.17) is 9.15 Å². The quantitative estimate of drug-likeness (QED) is 0.802. The van der Waals surface area contributed by atoms with Gasteiger partial charge in [-0.05, 0) is 35.9 Å². The van der Waals surface area contributed by atoms with E-state index in [1.54, 1.807) is 43.7 Å². The molecule has 22 heavy (non-hydrogen) atoms. The third-order valence-electron chi connectivity index (χ3n) is 3.38. The molecule has 0 spiro atoms. The Hall–Kier alpha value is -2.82. The monoisotopic (exact) mass is 299 g/mol. The molecule has 3 rings (SSSR count). The van der Waals surface area contributed by atoms with Crippen LogP contribution < -0.4 is 10.1 Å². The zero-order chi connectivity index (χ0) is 15.5. The van der Waals surface area contributed by atoms with Gasteiger partial charge >= 0.3 is 0 Å². The molecule has 1 aromatic heterocycles. The van der Waals surface area contributed by atoms with Crippen molar-refractivity contribution in [1.82, 2.24) is 5.32 Å². The predicted molar refractivity (Wildman–Crippen MR) is 80.3 cm³/mol. The summed E-state index contributed by atoms with van der Waals surface area (Å²) in [6, 6.07) is 11.1. The molecule has 3 aromatic rings. The minimum atomic E-state index is -0.303. The lowest BCUT2D eigenvalue weighted by molar-refractivity contribution is 0.0950. The molecule has 5 heteroatoms. The van der Waals surface area contributed by atoms with E-state index in [0.29, 0.717) is 23.4 Å². The molecule has 1 heterocycles. The number of furan rings is 1. The number of hydrogen-bond acceptors (Lipinski definition) is 3. The molecule has 0 aliphatic rings. The Bertz CT molecular complexity index is 808. The van der Waals surface area contributed by atoms with Crippen molar-refractivity contribution >= 4 is 16.9 Å². The highest BCUT2D eigenvalue weighted by atomic mass is 19.1. The van der Waals surface area contributed by atoms with Crippen LogP contribution in [0.5, 0.6) is 5.75 Å². The second kappa shape index (κ2) is 5.89. The fourth-order valence-electron chi connectivity index (χ4n) is 2.22. The van der Waals surface area contributed by atoms with Crippen molar-refractivity contribution in [2.45, 2.75) is 6.54 Å². The standard InChI is InChI=1S/C17H14FNO3/c1-21-15-8-12(9-16-14(15)6-7-22-16)17(20)19-10-11-2-4-13(18)5-3-11/h2-9H,10H2,1H3,(H,19,20). The molecule has 0 aliphatic carbocycles. The lowest BCUT2D eigenvalue weighted by Crippen LogP contribution is -2.22. The Morgan fingerprint density at radius 2 is 2.00 bits per heavy atom. The SMILES string of the molecule is COc1cc(C(=O)NCc2ccc(F)cc2)cc2occc12. The van der Waals surface area contributed by atoms with Gasteiger partial charge < -0.3 is 14.5 Å². The summed E-state index contributed by atoms with van der Waals surface area (Å²) in [5, 5.41) is 3.60. The Balaban J connectivity index is 1.78. The number of methoxy groups -OCH3 is 1. The van der Waals surface area contributed by atoms with E-state index in [1.807, 2.05) is 0 Å². The van der Waals surface area contributed by atoms with Gasteiger partial charge in [0, 0.05) is 12.1 Å². The Labute approximate surface area is 126 Å². The lowest BCUT2D eigenvalue weighted by Gasteiger charge is -2.08. The van der Waals surface area contributed by atoms with Crippen LogP contribution in [0.15, 0.2) is 53.1 Å². The van der Waals surface area contributed by atoms with Gasteiger partial charge in [0.25, 0.3) is 5.91 Å². The van der Waals surface area contributed by atoms with Gasteiger partial charge in [0.1, 0.15) is 17.1 Å². The highest BCUT2D eigenvalue weighted by Gasteiger charge is 2.12. The first-order chi connectivity index (χ1) is 10.7. The smallest absolute Gasteiger partial charge is 0.251 e. The number of carbonyl (C=O) groups excluding carboxylic acids is 1. The van der Waals surface area contributed by atoms with Crippen LogP contribution in [-0.4, -0.2) is 13.0 Å². The molecule has 1 amide bonds. The summed E-state index contributed by atoms with van der Waals surface area (Å²) < 4.78 is 23.4. The Morgan fingerprint density at radius 3 is 2.73 bits per heavy atom. The first-order valence-electron chi connectivity index (χ1n) is 6.75. The van der Waals surface area contributed by atoms with Crippen LogP contribution in [0.3, 0.4) is 0 Å². The van der Waals surface area contributed by atoms with E-state index in [0.717, 1.165) is 10.9 Å². The van der Waals surface area contributed by atoms with Gasteiger partial charge in [0.05, 0.1) is 18.8 Å². The molecule has 2 aromatic carbocycles. The maximum Gasteiger partial charge on any atom is 0.251 e. The van der Waals surface area contributed by atoms with Crippen molar-refractivity contribution in [3.8, 4) is 5.75 Å². The number of ether oxygens (including phenoxy) is 1. The summed E-state index contributed by atoms with van der Waals surface area (Å²) in [6.07, 6.45) is 1.55. The van der Waals surface area contributed by atoms with Crippen LogP contribution in [0.2, 0.25) is 0 Å². The van der Waals surface area contributed by atoms with Crippen molar-refractivity contribution in [3.05, 3.63) is 65.7 Å². The second-order valence-electron chi connectivity index (χ2n) is 4.82. The molecule has 0 fully saturated rings. The molecular weight excluding hydrogens is 285 g/mol. The fourth-order valence-corrected chi connectivity index (χ4v) is 2.22. The average Bonchev–Trinajstić information content (AvgIpc) is 3.01. The van der Waals surface area contributed by atoms with Gasteiger partial charge in [-0.1, -0.05) is 12.1 Å². The zero-order valence-corrected chi connectivity index (χ0v) is 11.9. The van der Waals surface area contributed by atoms with Crippen molar-refractivity contribution in [2.24, 2.45) is 0 Å². The Kier molecular flexibility index (Phi) is 3.78. The van der Waals surface area contributed by atoms with Crippen LogP contribution in [0, 0.1) is 5.82 Å². The second-order valence-corrected chi connectivity index (χ2v) is 4.82. The first kappa shape index (κ1) is 14.1. The number of carbonyl (C=O) groups is 1. The lowest BCUT2D eigenvalue weighted by atomic mass is 10.1. The van der Waals surface area contributed by atoms with Crippen LogP contribution >= 0.6 is 0 Å². The highest BCUT2D eigenvalue weighted by molar-refractivity contribution is 5.99. The minimum absolute atomic E-state index is 0.249. The van der Waals surface area contributed by atoms with Gasteiger partial charge in [-0.25, -0.2) is 4.39 Å². The van der Waals surface area contributed by atoms with Gasteiger partial charge in [-0.3, -0.25) is 4.79 Å². The van der Waals surface area contributed by atoms with Crippen molar-refractivity contribution in [2.75, 3.05) is 7.11 Å². The number of rotatable bonds is 4. The number of fused-ring (bicyclic) bond motifs is 1. The summed E-state index contributed by atoms with van der Waals surface area (Å²) in [5.41, 5.74) is 1.86. The van der Waals surface area contributed by atoms with Crippen molar-refractivity contribution in [3.63, 3.8) is 0 Å². The molecule has 112 valence electrons. The molecule has 0 unspecified atom stereocenters. The number of nitrogens with one attached hydrogen (secondary N) is 1. The molecule has 0 saturated heterocycles. The molecule has 0 saturated carbocycles. The summed E-state index contributed by atoms with van der Waals surface area (Å²) >= 11 is 0. The van der Waals surface area contributed by atoms with Gasteiger partial charge in [-0.15, -0.1) is 0 Å². The largest absolute Gasteiger partial charge is 0.496 e. The minimum Gasteiger partial charge on any atom is -0.496 e. The molecular formula is C17H14FNO3. The summed E-state index contributed by atoms with van der Waals surface area (Å²) in [4.78, 5) is 12.2.